The summed E-state index contributed by atoms with van der Waals surface area (Å²) < 4.78 is 1.08. The van der Waals surface area contributed by atoms with E-state index in [1.165, 1.54) is 30.8 Å². The van der Waals surface area contributed by atoms with Crippen LogP contribution in [0.1, 0.15) is 25.7 Å². The van der Waals surface area contributed by atoms with E-state index >= 15 is 0 Å². The molecule has 1 aliphatic rings. The average molecular weight is 264 g/mol. The highest BCUT2D eigenvalue weighted by Crippen LogP contribution is 2.24. The largest absolute Gasteiger partial charge is 1.00 e. The molecular formula is C11H26ClN5. The first-order valence-corrected chi connectivity index (χ1v) is 5.97. The molecule has 3 N–H and O–H groups in total. The number of hydrogen-bond donors (Lipinski definition) is 2. The summed E-state index contributed by atoms with van der Waals surface area (Å²) in [6, 6.07) is 1.36. The number of nitrogens with one attached hydrogen (secondary N) is 1. The van der Waals surface area contributed by atoms with E-state index in [0.29, 0.717) is 6.04 Å². The smallest absolute Gasteiger partial charge is 0.110 e. The molecule has 0 saturated heterocycles. The van der Waals surface area contributed by atoms with Crippen LogP contribution in [0.25, 0.3) is 0 Å². The summed E-state index contributed by atoms with van der Waals surface area (Å²) in [6.45, 7) is 0. The van der Waals surface area contributed by atoms with Crippen molar-refractivity contribution in [1.29, 1.82) is 0 Å². The second-order valence-corrected chi connectivity index (χ2v) is 5.61. The Morgan fingerprint density at radius 3 is 2.18 bits per heavy atom. The third kappa shape index (κ3) is 6.10. The predicted octanol–water partition coefficient (Wildman–Crippen LogP) is -2.65. The minimum atomic E-state index is 0. The van der Waals surface area contributed by atoms with Crippen LogP contribution in [-0.4, -0.2) is 56.2 Å². The molecular weight excluding hydrogens is 238 g/mol. The Morgan fingerprint density at radius 1 is 1.24 bits per heavy atom. The van der Waals surface area contributed by atoms with Crippen LogP contribution in [0.3, 0.4) is 0 Å². The number of hydrogen-bond acceptors (Lipinski definition) is 3. The highest BCUT2D eigenvalue weighted by atomic mass is 35.5. The van der Waals surface area contributed by atoms with Gasteiger partial charge in [0.25, 0.3) is 0 Å². The maximum atomic E-state index is 5.38. The van der Waals surface area contributed by atoms with Gasteiger partial charge >= 0.3 is 0 Å². The minimum absolute atomic E-state index is 0. The van der Waals surface area contributed by atoms with Gasteiger partial charge in [0.05, 0.1) is 27.2 Å². The van der Waals surface area contributed by atoms with Crippen molar-refractivity contribution in [3.8, 4) is 0 Å². The number of quaternary nitrogens is 1. The maximum Gasteiger partial charge on any atom is 0.110 e. The van der Waals surface area contributed by atoms with Gasteiger partial charge in [-0.15, -0.1) is 0 Å². The molecule has 0 amide bonds. The van der Waals surface area contributed by atoms with Crippen molar-refractivity contribution in [2.75, 3.05) is 28.2 Å². The molecule has 0 heterocycles. The third-order valence-corrected chi connectivity index (χ3v) is 3.34. The topological polar surface area (TPSA) is 53.6 Å². The molecule has 102 valence electrons. The zero-order valence-corrected chi connectivity index (χ0v) is 12.1. The van der Waals surface area contributed by atoms with E-state index in [0.717, 1.165) is 10.5 Å². The second-order valence-electron chi connectivity index (χ2n) is 5.61. The molecule has 0 spiro atoms. The molecule has 0 aromatic rings. The lowest BCUT2D eigenvalue weighted by Gasteiger charge is -2.38. The highest BCUT2D eigenvalue weighted by Gasteiger charge is 2.29. The summed E-state index contributed by atoms with van der Waals surface area (Å²) in [5.41, 5.74) is 0. The summed E-state index contributed by atoms with van der Waals surface area (Å²) in [6.07, 6.45) is 6.72. The van der Waals surface area contributed by atoms with Gasteiger partial charge in [-0.3, -0.25) is 0 Å². The van der Waals surface area contributed by atoms with Crippen molar-refractivity contribution < 1.29 is 16.9 Å². The van der Waals surface area contributed by atoms with Crippen molar-refractivity contribution in [3.05, 3.63) is 0 Å². The molecule has 5 nitrogen and oxygen atoms in total. The normalized spacial score (nSPS) is 25.5. The van der Waals surface area contributed by atoms with Gasteiger partial charge < -0.3 is 22.2 Å². The molecule has 0 aliphatic heterocycles. The van der Waals surface area contributed by atoms with Crippen LogP contribution in [0.15, 0.2) is 5.10 Å². The van der Waals surface area contributed by atoms with E-state index in [4.69, 9.17) is 5.84 Å². The number of rotatable bonds is 4. The van der Waals surface area contributed by atoms with Gasteiger partial charge in [-0.05, 0) is 12.8 Å². The summed E-state index contributed by atoms with van der Waals surface area (Å²) in [5, 5.41) is 8.57. The van der Waals surface area contributed by atoms with Crippen molar-refractivity contribution in [3.63, 3.8) is 0 Å². The lowest BCUT2D eigenvalue weighted by molar-refractivity contribution is -0.897. The molecule has 0 bridgehead atoms. The molecule has 0 aromatic carbocycles. The van der Waals surface area contributed by atoms with E-state index < -0.39 is 0 Å². The zero-order valence-electron chi connectivity index (χ0n) is 11.4. The first-order chi connectivity index (χ1) is 7.39. The standard InChI is InChI=1S/C11H26N5.ClH/c1-15(12)14-9-13-10-5-7-11(8-6-10)16(2,3)4;/h9-11H,5-8,12H2,1-4H3,(H,13,14);1H/q+1;/p-1. The number of nitrogens with two attached hydrogens (primary N) is 1. The van der Waals surface area contributed by atoms with Crippen LogP contribution in [0.4, 0.5) is 0 Å². The molecule has 0 radical (unpaired) electrons. The predicted molar refractivity (Wildman–Crippen MR) is 67.7 cm³/mol. The van der Waals surface area contributed by atoms with Gasteiger partial charge in [-0.25, -0.2) is 11.0 Å². The van der Waals surface area contributed by atoms with Gasteiger partial charge in [0.1, 0.15) is 6.34 Å². The monoisotopic (exact) mass is 263 g/mol. The van der Waals surface area contributed by atoms with Crippen molar-refractivity contribution in [1.82, 2.24) is 10.4 Å². The number of hydrazine groups is 1. The second kappa shape index (κ2) is 7.03. The lowest BCUT2D eigenvalue weighted by Crippen LogP contribution is -3.00. The molecule has 0 unspecified atom stereocenters. The fourth-order valence-electron chi connectivity index (χ4n) is 2.25. The minimum Gasteiger partial charge on any atom is -1.00 e. The Labute approximate surface area is 111 Å². The third-order valence-electron chi connectivity index (χ3n) is 3.34. The fraction of sp³-hybridized carbons (Fsp3) is 0.909. The molecule has 17 heavy (non-hydrogen) atoms. The van der Waals surface area contributed by atoms with Crippen LogP contribution in [0.2, 0.25) is 0 Å². The van der Waals surface area contributed by atoms with Crippen LogP contribution < -0.4 is 23.6 Å². The van der Waals surface area contributed by atoms with E-state index in [1.807, 2.05) is 0 Å². The van der Waals surface area contributed by atoms with Gasteiger partial charge in [0.2, 0.25) is 0 Å². The number of nitrogens with zero attached hydrogens (tertiary/aromatic N) is 3. The molecule has 1 aliphatic carbocycles. The maximum absolute atomic E-state index is 5.38. The van der Waals surface area contributed by atoms with E-state index in [-0.39, 0.29) is 12.4 Å². The molecule has 1 fully saturated rings. The Kier molecular flexibility index (Phi) is 6.82. The Hall–Kier alpha value is -0.520. The first kappa shape index (κ1) is 16.5. The van der Waals surface area contributed by atoms with E-state index in [2.05, 4.69) is 31.6 Å². The molecule has 1 rings (SSSR count). The number of hydrazone groups is 1. The molecule has 1 saturated carbocycles. The Morgan fingerprint density at radius 2 is 1.76 bits per heavy atom. The van der Waals surface area contributed by atoms with Gasteiger partial charge in [-0.1, -0.05) is 0 Å². The van der Waals surface area contributed by atoms with Crippen molar-refractivity contribution in [2.45, 2.75) is 37.8 Å². The van der Waals surface area contributed by atoms with Crippen molar-refractivity contribution in [2.24, 2.45) is 10.9 Å². The summed E-state index contributed by atoms with van der Waals surface area (Å²) in [4.78, 5) is 0. The van der Waals surface area contributed by atoms with Gasteiger partial charge in [-0.2, -0.15) is 5.10 Å². The van der Waals surface area contributed by atoms with Gasteiger partial charge in [0, 0.05) is 25.9 Å². The lowest BCUT2D eigenvalue weighted by atomic mass is 9.90. The van der Waals surface area contributed by atoms with E-state index in [9.17, 15) is 0 Å². The van der Waals surface area contributed by atoms with Crippen LogP contribution in [0.5, 0.6) is 0 Å². The molecule has 0 atom stereocenters. The van der Waals surface area contributed by atoms with Crippen molar-refractivity contribution >= 4 is 6.34 Å². The quantitative estimate of drug-likeness (QED) is 0.192. The average Bonchev–Trinajstić information content (AvgIpc) is 2.16. The molecule has 0 aromatic heterocycles. The SMILES string of the molecule is CN(N)/N=C/NC1CCC([N+](C)(C)C)CC1.[Cl-]. The van der Waals surface area contributed by atoms with Crippen LogP contribution in [0, 0.1) is 0 Å². The Bertz CT molecular complexity index is 229. The summed E-state index contributed by atoms with van der Waals surface area (Å²) in [7, 11) is 8.56. The fourth-order valence-corrected chi connectivity index (χ4v) is 2.25. The summed E-state index contributed by atoms with van der Waals surface area (Å²) in [5.74, 6) is 5.38. The Balaban J connectivity index is 0.00000256. The summed E-state index contributed by atoms with van der Waals surface area (Å²) >= 11 is 0. The highest BCUT2D eigenvalue weighted by molar-refractivity contribution is 5.54. The number of halogens is 1. The van der Waals surface area contributed by atoms with E-state index in [1.54, 1.807) is 13.4 Å². The zero-order chi connectivity index (χ0) is 12.2. The first-order valence-electron chi connectivity index (χ1n) is 5.97. The van der Waals surface area contributed by atoms with Crippen LogP contribution >= 0.6 is 0 Å². The van der Waals surface area contributed by atoms with Crippen LogP contribution in [-0.2, 0) is 0 Å². The van der Waals surface area contributed by atoms with Gasteiger partial charge in [0.15, 0.2) is 0 Å². The molecule has 6 heteroatoms.